The van der Waals surface area contributed by atoms with Crippen LogP contribution in [0.25, 0.3) is 0 Å². The quantitative estimate of drug-likeness (QED) is 0.537. The molecule has 56 valence electrons. The summed E-state index contributed by atoms with van der Waals surface area (Å²) in [5.41, 5.74) is 0.0417. The summed E-state index contributed by atoms with van der Waals surface area (Å²) in [5, 5.41) is 0. The molecule has 0 atom stereocenters. The first-order chi connectivity index (χ1) is 4.27. The third-order valence-corrected chi connectivity index (χ3v) is 1.31. The van der Waals surface area contributed by atoms with E-state index in [1.165, 1.54) is 0 Å². The van der Waals surface area contributed by atoms with Crippen LogP contribution in [0.2, 0.25) is 0 Å². The molecule has 0 saturated carbocycles. The Bertz CT molecular complexity index is 61.8. The molecule has 0 spiro atoms. The van der Waals surface area contributed by atoms with Crippen LogP contribution in [0.3, 0.4) is 0 Å². The van der Waals surface area contributed by atoms with Crippen molar-refractivity contribution >= 4 is 0 Å². The minimum absolute atomic E-state index is 0.0417. The predicted octanol–water partition coefficient (Wildman–Crippen LogP) is 1.45. The zero-order valence-corrected chi connectivity index (χ0v) is 6.73. The molecule has 2 heteroatoms. The van der Waals surface area contributed by atoms with Gasteiger partial charge in [-0.15, -0.1) is 0 Å². The number of ether oxygens (including phenoxy) is 2. The van der Waals surface area contributed by atoms with E-state index in [1.54, 1.807) is 7.11 Å². The van der Waals surface area contributed by atoms with Gasteiger partial charge in [0, 0.05) is 7.11 Å². The Hall–Kier alpha value is -0.0800. The van der Waals surface area contributed by atoms with Crippen molar-refractivity contribution < 1.29 is 9.47 Å². The molecule has 1 aliphatic rings. The lowest BCUT2D eigenvalue weighted by Crippen LogP contribution is -2.48. The Morgan fingerprint density at radius 3 is 1.78 bits per heavy atom. The SMILES string of the molecule is CC.COC1(C)COC1. The molecule has 1 saturated heterocycles. The lowest BCUT2D eigenvalue weighted by Gasteiger charge is -2.36. The molecule has 0 bridgehead atoms. The van der Waals surface area contributed by atoms with Crippen molar-refractivity contribution in [1.82, 2.24) is 0 Å². The van der Waals surface area contributed by atoms with Crippen LogP contribution >= 0.6 is 0 Å². The summed E-state index contributed by atoms with van der Waals surface area (Å²) in [7, 11) is 1.71. The van der Waals surface area contributed by atoms with Gasteiger partial charge in [0.15, 0.2) is 0 Å². The molecule has 9 heavy (non-hydrogen) atoms. The first-order valence-electron chi connectivity index (χ1n) is 3.40. The fraction of sp³-hybridized carbons (Fsp3) is 1.00. The van der Waals surface area contributed by atoms with E-state index in [9.17, 15) is 0 Å². The Labute approximate surface area is 57.2 Å². The van der Waals surface area contributed by atoms with Crippen molar-refractivity contribution in [3.8, 4) is 0 Å². The Balaban J connectivity index is 0.000000291. The number of rotatable bonds is 1. The van der Waals surface area contributed by atoms with Crippen molar-refractivity contribution in [3.05, 3.63) is 0 Å². The highest BCUT2D eigenvalue weighted by Gasteiger charge is 2.32. The summed E-state index contributed by atoms with van der Waals surface area (Å²) in [6.07, 6.45) is 0. The highest BCUT2D eigenvalue weighted by Crippen LogP contribution is 2.18. The molecule has 0 aromatic heterocycles. The summed E-state index contributed by atoms with van der Waals surface area (Å²) in [6.45, 7) is 7.55. The predicted molar refractivity (Wildman–Crippen MR) is 37.6 cm³/mol. The Morgan fingerprint density at radius 2 is 1.78 bits per heavy atom. The average Bonchev–Trinajstić information content (AvgIpc) is 1.88. The monoisotopic (exact) mass is 132 g/mol. The van der Waals surface area contributed by atoms with E-state index >= 15 is 0 Å². The number of methoxy groups -OCH3 is 1. The maximum Gasteiger partial charge on any atom is 0.111 e. The van der Waals surface area contributed by atoms with Crippen LogP contribution in [0.1, 0.15) is 20.8 Å². The fourth-order valence-corrected chi connectivity index (χ4v) is 0.507. The maximum atomic E-state index is 5.05. The minimum Gasteiger partial charge on any atom is -0.375 e. The normalized spacial score (nSPS) is 21.3. The molecule has 0 aromatic rings. The fourth-order valence-electron chi connectivity index (χ4n) is 0.507. The lowest BCUT2D eigenvalue weighted by atomic mass is 10.1. The number of hydrogen-bond donors (Lipinski definition) is 0. The lowest BCUT2D eigenvalue weighted by molar-refractivity contribution is -0.184. The van der Waals surface area contributed by atoms with Gasteiger partial charge in [-0.3, -0.25) is 0 Å². The summed E-state index contributed by atoms with van der Waals surface area (Å²) < 4.78 is 9.95. The van der Waals surface area contributed by atoms with Gasteiger partial charge in [0.2, 0.25) is 0 Å². The summed E-state index contributed by atoms with van der Waals surface area (Å²) in [4.78, 5) is 0. The van der Waals surface area contributed by atoms with Gasteiger partial charge in [0.1, 0.15) is 5.60 Å². The maximum absolute atomic E-state index is 5.05. The molecule has 0 aromatic carbocycles. The molecule has 0 unspecified atom stereocenters. The second-order valence-electron chi connectivity index (χ2n) is 2.15. The third kappa shape index (κ3) is 2.33. The second-order valence-corrected chi connectivity index (χ2v) is 2.15. The average molecular weight is 132 g/mol. The Morgan fingerprint density at radius 1 is 1.33 bits per heavy atom. The van der Waals surface area contributed by atoms with E-state index < -0.39 is 0 Å². The van der Waals surface area contributed by atoms with E-state index in [-0.39, 0.29) is 5.60 Å². The first kappa shape index (κ1) is 8.92. The van der Waals surface area contributed by atoms with Gasteiger partial charge in [-0.25, -0.2) is 0 Å². The van der Waals surface area contributed by atoms with Crippen molar-refractivity contribution in [2.24, 2.45) is 0 Å². The molecule has 0 aliphatic carbocycles. The summed E-state index contributed by atoms with van der Waals surface area (Å²) in [5.74, 6) is 0. The Kier molecular flexibility index (Phi) is 3.82. The van der Waals surface area contributed by atoms with Gasteiger partial charge in [-0.1, -0.05) is 13.8 Å². The van der Waals surface area contributed by atoms with Crippen molar-refractivity contribution in [1.29, 1.82) is 0 Å². The van der Waals surface area contributed by atoms with Gasteiger partial charge in [-0.2, -0.15) is 0 Å². The van der Waals surface area contributed by atoms with Gasteiger partial charge < -0.3 is 9.47 Å². The third-order valence-electron chi connectivity index (χ3n) is 1.31. The van der Waals surface area contributed by atoms with Crippen molar-refractivity contribution in [2.75, 3.05) is 20.3 Å². The van der Waals surface area contributed by atoms with Gasteiger partial charge in [-0.05, 0) is 6.92 Å². The highest BCUT2D eigenvalue weighted by atomic mass is 16.6. The molecule has 1 heterocycles. The zero-order chi connectivity index (χ0) is 7.33. The van der Waals surface area contributed by atoms with Crippen LogP contribution in [-0.4, -0.2) is 25.9 Å². The van der Waals surface area contributed by atoms with Gasteiger partial charge in [0.05, 0.1) is 13.2 Å². The van der Waals surface area contributed by atoms with E-state index in [1.807, 2.05) is 20.8 Å². The largest absolute Gasteiger partial charge is 0.375 e. The molecule has 1 fully saturated rings. The molecule has 1 aliphatic heterocycles. The van der Waals surface area contributed by atoms with E-state index in [0.717, 1.165) is 13.2 Å². The standard InChI is InChI=1S/C5H10O2.C2H6/c1-5(6-2)3-7-4-5;1-2/h3-4H2,1-2H3;1-2H3. The molecule has 2 nitrogen and oxygen atoms in total. The van der Waals surface area contributed by atoms with Crippen LogP contribution in [0.5, 0.6) is 0 Å². The van der Waals surface area contributed by atoms with E-state index in [0.29, 0.717) is 0 Å². The topological polar surface area (TPSA) is 18.5 Å². The van der Waals surface area contributed by atoms with Crippen LogP contribution < -0.4 is 0 Å². The molecular weight excluding hydrogens is 116 g/mol. The molecule has 0 N–H and O–H groups in total. The zero-order valence-electron chi connectivity index (χ0n) is 6.73. The number of hydrogen-bond acceptors (Lipinski definition) is 2. The van der Waals surface area contributed by atoms with Gasteiger partial charge in [0.25, 0.3) is 0 Å². The first-order valence-corrected chi connectivity index (χ1v) is 3.40. The van der Waals surface area contributed by atoms with Crippen molar-refractivity contribution in [2.45, 2.75) is 26.4 Å². The summed E-state index contributed by atoms with van der Waals surface area (Å²) >= 11 is 0. The second kappa shape index (κ2) is 3.85. The van der Waals surface area contributed by atoms with Crippen molar-refractivity contribution in [3.63, 3.8) is 0 Å². The summed E-state index contributed by atoms with van der Waals surface area (Å²) in [6, 6.07) is 0. The smallest absolute Gasteiger partial charge is 0.111 e. The van der Waals surface area contributed by atoms with Crippen LogP contribution in [-0.2, 0) is 9.47 Å². The molecule has 0 amide bonds. The minimum atomic E-state index is 0.0417. The molecule has 1 rings (SSSR count). The molecule has 0 radical (unpaired) electrons. The van der Waals surface area contributed by atoms with Crippen LogP contribution in [0.4, 0.5) is 0 Å². The molecular formula is C7H16O2. The van der Waals surface area contributed by atoms with Crippen LogP contribution in [0.15, 0.2) is 0 Å². The van der Waals surface area contributed by atoms with E-state index in [4.69, 9.17) is 9.47 Å². The highest BCUT2D eigenvalue weighted by molar-refractivity contribution is 4.80. The van der Waals surface area contributed by atoms with Gasteiger partial charge >= 0.3 is 0 Å². The van der Waals surface area contributed by atoms with E-state index in [2.05, 4.69) is 0 Å². The van der Waals surface area contributed by atoms with Crippen LogP contribution in [0, 0.1) is 0 Å².